The Morgan fingerprint density at radius 2 is 2.00 bits per heavy atom. The van der Waals surface area contributed by atoms with Gasteiger partial charge < -0.3 is 4.74 Å². The van der Waals surface area contributed by atoms with Gasteiger partial charge in [0.15, 0.2) is 0 Å². The molecule has 0 heterocycles. The van der Waals surface area contributed by atoms with Gasteiger partial charge in [0.05, 0.1) is 13.2 Å². The minimum atomic E-state index is 0.436. The number of benzene rings is 1. The van der Waals surface area contributed by atoms with Gasteiger partial charge in [-0.3, -0.25) is 0 Å². The molecule has 0 bridgehead atoms. The van der Waals surface area contributed by atoms with E-state index in [-0.39, 0.29) is 0 Å². The summed E-state index contributed by atoms with van der Waals surface area (Å²) >= 11 is 5.65. The first kappa shape index (κ1) is 10.6. The van der Waals surface area contributed by atoms with Crippen LogP contribution in [0.25, 0.3) is 0 Å². The maximum Gasteiger partial charge on any atom is 0.0717 e. The minimum absolute atomic E-state index is 0.436. The van der Waals surface area contributed by atoms with Crippen molar-refractivity contribution in [1.82, 2.24) is 0 Å². The molecule has 2 heteroatoms. The maximum atomic E-state index is 5.65. The molecule has 0 fully saturated rings. The van der Waals surface area contributed by atoms with E-state index in [1.165, 1.54) is 5.56 Å². The molecule has 0 saturated heterocycles. The van der Waals surface area contributed by atoms with Gasteiger partial charge in [-0.15, -0.1) is 11.6 Å². The van der Waals surface area contributed by atoms with Gasteiger partial charge in [0, 0.05) is 5.88 Å². The summed E-state index contributed by atoms with van der Waals surface area (Å²) in [7, 11) is 0. The van der Waals surface area contributed by atoms with Crippen LogP contribution in [-0.2, 0) is 11.3 Å². The lowest BCUT2D eigenvalue weighted by atomic mass is 10.2. The van der Waals surface area contributed by atoms with Crippen molar-refractivity contribution >= 4 is 11.6 Å². The highest BCUT2D eigenvalue weighted by Gasteiger charge is 1.99. The minimum Gasteiger partial charge on any atom is -0.376 e. The fraction of sp³-hybridized carbons (Fsp3) is 0.455. The first-order valence-electron chi connectivity index (χ1n) is 4.50. The van der Waals surface area contributed by atoms with E-state index in [4.69, 9.17) is 16.3 Å². The van der Waals surface area contributed by atoms with Crippen molar-refractivity contribution < 1.29 is 4.74 Å². The van der Waals surface area contributed by atoms with Crippen LogP contribution in [0.3, 0.4) is 0 Å². The lowest BCUT2D eigenvalue weighted by Crippen LogP contribution is -2.06. The quantitative estimate of drug-likeness (QED) is 0.661. The number of ether oxygens (including phenoxy) is 1. The zero-order valence-corrected chi connectivity index (χ0v) is 8.63. The zero-order chi connectivity index (χ0) is 9.52. The van der Waals surface area contributed by atoms with Gasteiger partial charge in [0.25, 0.3) is 0 Å². The molecule has 1 nitrogen and oxygen atoms in total. The fourth-order valence-electron chi connectivity index (χ4n) is 0.997. The number of rotatable bonds is 5. The van der Waals surface area contributed by atoms with Gasteiger partial charge in [-0.25, -0.2) is 0 Å². The van der Waals surface area contributed by atoms with Crippen LogP contribution in [0.5, 0.6) is 0 Å². The summed E-state index contributed by atoms with van der Waals surface area (Å²) in [6.45, 7) is 3.50. The van der Waals surface area contributed by atoms with Crippen molar-refractivity contribution in [1.29, 1.82) is 0 Å². The second-order valence-electron chi connectivity index (χ2n) is 3.26. The van der Waals surface area contributed by atoms with Crippen LogP contribution >= 0.6 is 11.6 Å². The number of alkyl halides is 1. The van der Waals surface area contributed by atoms with Crippen LogP contribution in [-0.4, -0.2) is 12.5 Å². The predicted molar refractivity (Wildman–Crippen MR) is 56.0 cm³/mol. The highest BCUT2D eigenvalue weighted by atomic mass is 35.5. The molecule has 0 aromatic heterocycles. The number of hydrogen-bond donors (Lipinski definition) is 0. The molecule has 0 saturated carbocycles. The maximum absolute atomic E-state index is 5.65. The van der Waals surface area contributed by atoms with Gasteiger partial charge in [-0.2, -0.15) is 0 Å². The lowest BCUT2D eigenvalue weighted by molar-refractivity contribution is 0.0979. The SMILES string of the molecule is C[C@H](CCl)COCc1ccccc1. The van der Waals surface area contributed by atoms with Crippen LogP contribution in [0, 0.1) is 5.92 Å². The Morgan fingerprint density at radius 3 is 2.62 bits per heavy atom. The third kappa shape index (κ3) is 4.30. The Kier molecular flexibility index (Phi) is 4.87. The molecular weight excluding hydrogens is 184 g/mol. The van der Waals surface area contributed by atoms with Crippen molar-refractivity contribution in [3.8, 4) is 0 Å². The molecular formula is C11H15ClO. The molecule has 0 spiro atoms. The van der Waals surface area contributed by atoms with Crippen LogP contribution in [0.1, 0.15) is 12.5 Å². The van der Waals surface area contributed by atoms with Gasteiger partial charge in [-0.05, 0) is 11.5 Å². The van der Waals surface area contributed by atoms with Gasteiger partial charge in [0.1, 0.15) is 0 Å². The molecule has 0 aliphatic rings. The van der Waals surface area contributed by atoms with Crippen molar-refractivity contribution in [3.63, 3.8) is 0 Å². The summed E-state index contributed by atoms with van der Waals surface area (Å²) in [5.41, 5.74) is 1.21. The summed E-state index contributed by atoms with van der Waals surface area (Å²) < 4.78 is 5.49. The molecule has 0 unspecified atom stereocenters. The van der Waals surface area contributed by atoms with E-state index in [0.717, 1.165) is 6.61 Å². The van der Waals surface area contributed by atoms with E-state index in [1.54, 1.807) is 0 Å². The molecule has 72 valence electrons. The van der Waals surface area contributed by atoms with Crippen molar-refractivity contribution in [2.75, 3.05) is 12.5 Å². The fourth-order valence-corrected chi connectivity index (χ4v) is 1.09. The van der Waals surface area contributed by atoms with E-state index < -0.39 is 0 Å². The van der Waals surface area contributed by atoms with Gasteiger partial charge in [0.2, 0.25) is 0 Å². The molecule has 13 heavy (non-hydrogen) atoms. The lowest BCUT2D eigenvalue weighted by Gasteiger charge is -2.08. The van der Waals surface area contributed by atoms with Crippen LogP contribution in [0.15, 0.2) is 30.3 Å². The largest absolute Gasteiger partial charge is 0.376 e. The molecule has 1 rings (SSSR count). The summed E-state index contributed by atoms with van der Waals surface area (Å²) in [5.74, 6) is 1.10. The Bertz CT molecular complexity index is 223. The topological polar surface area (TPSA) is 9.23 Å². The molecule has 1 aromatic rings. The Hall–Kier alpha value is -0.530. The van der Waals surface area contributed by atoms with Crippen LogP contribution < -0.4 is 0 Å². The van der Waals surface area contributed by atoms with E-state index in [0.29, 0.717) is 18.4 Å². The van der Waals surface area contributed by atoms with Gasteiger partial charge in [-0.1, -0.05) is 37.3 Å². The first-order chi connectivity index (χ1) is 6.33. The van der Waals surface area contributed by atoms with E-state index in [2.05, 4.69) is 19.1 Å². The average Bonchev–Trinajstić information content (AvgIpc) is 2.19. The standard InChI is InChI=1S/C11H15ClO/c1-10(7-12)8-13-9-11-5-3-2-4-6-11/h2-6,10H,7-9H2,1H3/t10-/m1/s1. The Morgan fingerprint density at radius 1 is 1.31 bits per heavy atom. The summed E-state index contributed by atoms with van der Waals surface area (Å²) in [6, 6.07) is 10.2. The zero-order valence-electron chi connectivity index (χ0n) is 7.87. The van der Waals surface area contributed by atoms with E-state index in [1.807, 2.05) is 18.2 Å². The summed E-state index contributed by atoms with van der Waals surface area (Å²) in [6.07, 6.45) is 0. The van der Waals surface area contributed by atoms with E-state index >= 15 is 0 Å². The highest BCUT2D eigenvalue weighted by molar-refractivity contribution is 6.18. The van der Waals surface area contributed by atoms with Crippen molar-refractivity contribution in [2.45, 2.75) is 13.5 Å². The van der Waals surface area contributed by atoms with Crippen molar-refractivity contribution in [2.24, 2.45) is 5.92 Å². The summed E-state index contributed by atoms with van der Waals surface area (Å²) in [5, 5.41) is 0. The molecule has 0 N–H and O–H groups in total. The summed E-state index contributed by atoms with van der Waals surface area (Å²) in [4.78, 5) is 0. The molecule has 0 aliphatic carbocycles. The molecule has 1 atom stereocenters. The van der Waals surface area contributed by atoms with Crippen LogP contribution in [0.4, 0.5) is 0 Å². The molecule has 0 radical (unpaired) electrons. The third-order valence-corrected chi connectivity index (χ3v) is 2.30. The highest BCUT2D eigenvalue weighted by Crippen LogP contribution is 2.03. The predicted octanol–water partition coefficient (Wildman–Crippen LogP) is 3.08. The van der Waals surface area contributed by atoms with Crippen LogP contribution in [0.2, 0.25) is 0 Å². The van der Waals surface area contributed by atoms with Gasteiger partial charge >= 0.3 is 0 Å². The van der Waals surface area contributed by atoms with Crippen molar-refractivity contribution in [3.05, 3.63) is 35.9 Å². The smallest absolute Gasteiger partial charge is 0.0717 e. The molecule has 0 amide bonds. The molecule has 1 aromatic carbocycles. The first-order valence-corrected chi connectivity index (χ1v) is 5.04. The number of halogens is 1. The normalized spacial score (nSPS) is 12.8. The monoisotopic (exact) mass is 198 g/mol. The second-order valence-corrected chi connectivity index (χ2v) is 3.57. The Balaban J connectivity index is 2.20. The number of hydrogen-bond acceptors (Lipinski definition) is 1. The third-order valence-electron chi connectivity index (χ3n) is 1.78. The molecule has 0 aliphatic heterocycles. The average molecular weight is 199 g/mol. The Labute approximate surface area is 84.7 Å². The second kappa shape index (κ2) is 6.01. The van der Waals surface area contributed by atoms with E-state index in [9.17, 15) is 0 Å².